The van der Waals surface area contributed by atoms with Crippen molar-refractivity contribution in [1.29, 1.82) is 0 Å². The Morgan fingerprint density at radius 1 is 1.18 bits per heavy atom. The molecule has 1 unspecified atom stereocenters. The number of likely N-dealkylation sites (tertiary alicyclic amines) is 1. The number of nitrogens with two attached hydrogens (primary N) is 1. The van der Waals surface area contributed by atoms with E-state index in [1.807, 2.05) is 0 Å². The molecule has 7 nitrogen and oxygen atoms in total. The number of aryl methyl sites for hydroxylation is 1. The normalized spacial score (nSPS) is 21.9. The SMILES string of the molecule is C=C(/C=C\C(=C/N)C(F)(F)F)NCC1C[C@H]2C[C@H]2CN1C(=O)c1nc(C)ccc1-n1cnc(C(F)(F)F)c1. The average molecular weight is 541 g/mol. The zero-order chi connectivity index (χ0) is 27.8. The number of aromatic nitrogens is 3. The number of piperidine rings is 1. The predicted molar refractivity (Wildman–Crippen MR) is 127 cm³/mol. The van der Waals surface area contributed by atoms with Crippen LogP contribution in [0.15, 0.2) is 60.9 Å². The fourth-order valence-electron chi connectivity index (χ4n) is 4.54. The molecule has 2 aromatic rings. The van der Waals surface area contributed by atoms with Crippen LogP contribution in [-0.4, -0.2) is 50.6 Å². The highest BCUT2D eigenvalue weighted by atomic mass is 19.4. The summed E-state index contributed by atoms with van der Waals surface area (Å²) in [4.78, 5) is 23.1. The molecule has 2 aromatic heterocycles. The molecule has 1 amide bonds. The summed E-state index contributed by atoms with van der Waals surface area (Å²) >= 11 is 0. The van der Waals surface area contributed by atoms with Gasteiger partial charge in [0.05, 0.1) is 17.6 Å². The summed E-state index contributed by atoms with van der Waals surface area (Å²) in [5, 5.41) is 2.97. The van der Waals surface area contributed by atoms with E-state index in [1.54, 1.807) is 17.9 Å². The highest BCUT2D eigenvalue weighted by Crippen LogP contribution is 2.47. The summed E-state index contributed by atoms with van der Waals surface area (Å²) in [6.07, 6.45) is -3.43. The van der Waals surface area contributed by atoms with Crippen LogP contribution in [0.2, 0.25) is 0 Å². The number of pyridine rings is 1. The lowest BCUT2D eigenvalue weighted by Crippen LogP contribution is -2.49. The van der Waals surface area contributed by atoms with Gasteiger partial charge < -0.3 is 20.5 Å². The number of rotatable bonds is 7. The van der Waals surface area contributed by atoms with Gasteiger partial charge >= 0.3 is 12.4 Å². The van der Waals surface area contributed by atoms with E-state index in [0.29, 0.717) is 36.7 Å². The standard InChI is InChI=1S/C25H26F6N6O/c1-14(3-5-18(9-32)24(26,27)28)33-10-19-8-16-7-17(16)11-37(19)23(38)22-20(6-4-15(2)35-22)36-12-21(34-13-36)25(29,30)31/h3-6,9,12-13,16-17,19,33H,1,7-8,10-11,32H2,2H3/b5-3-,18-9+/t16-,17+,19?/m1/s1. The van der Waals surface area contributed by atoms with E-state index in [9.17, 15) is 31.1 Å². The van der Waals surface area contributed by atoms with Crippen molar-refractivity contribution in [3.63, 3.8) is 0 Å². The summed E-state index contributed by atoms with van der Waals surface area (Å²) in [5.74, 6) is 0.301. The molecule has 2 fully saturated rings. The Kier molecular flexibility index (Phi) is 7.31. The second-order valence-electron chi connectivity index (χ2n) is 9.45. The fourth-order valence-corrected chi connectivity index (χ4v) is 4.54. The first-order valence-corrected chi connectivity index (χ1v) is 11.8. The van der Waals surface area contributed by atoms with Crippen LogP contribution in [0, 0.1) is 18.8 Å². The Balaban J connectivity index is 1.54. The molecule has 1 aliphatic carbocycles. The summed E-state index contributed by atoms with van der Waals surface area (Å²) in [5.41, 5.74) is 3.79. The molecule has 0 spiro atoms. The third kappa shape index (κ3) is 6.03. The topological polar surface area (TPSA) is 89.1 Å². The molecular formula is C25H26F6N6O. The van der Waals surface area contributed by atoms with E-state index < -0.39 is 29.5 Å². The Hall–Kier alpha value is -3.77. The highest BCUT2D eigenvalue weighted by molar-refractivity contribution is 5.96. The monoisotopic (exact) mass is 540 g/mol. The molecular weight excluding hydrogens is 514 g/mol. The molecule has 0 aromatic carbocycles. The average Bonchev–Trinajstić information content (AvgIpc) is 3.41. The minimum Gasteiger partial charge on any atom is -0.404 e. The lowest BCUT2D eigenvalue weighted by Gasteiger charge is -2.36. The van der Waals surface area contributed by atoms with Gasteiger partial charge in [-0.3, -0.25) is 4.79 Å². The maximum Gasteiger partial charge on any atom is 0.434 e. The van der Waals surface area contributed by atoms with E-state index >= 15 is 0 Å². The van der Waals surface area contributed by atoms with Gasteiger partial charge in [0, 0.05) is 42.9 Å². The molecule has 13 heteroatoms. The minimum absolute atomic E-state index is 0.0122. The number of nitrogens with one attached hydrogen (secondary N) is 1. The van der Waals surface area contributed by atoms with Crippen molar-refractivity contribution in [1.82, 2.24) is 24.8 Å². The zero-order valence-electron chi connectivity index (χ0n) is 20.4. The highest BCUT2D eigenvalue weighted by Gasteiger charge is 2.47. The number of carbonyl (C=O) groups is 1. The first kappa shape index (κ1) is 27.3. The molecule has 204 valence electrons. The molecule has 3 heterocycles. The van der Waals surface area contributed by atoms with Crippen LogP contribution in [0.25, 0.3) is 5.69 Å². The first-order chi connectivity index (χ1) is 17.8. The smallest absolute Gasteiger partial charge is 0.404 e. The Morgan fingerprint density at radius 3 is 2.55 bits per heavy atom. The van der Waals surface area contributed by atoms with Crippen molar-refractivity contribution in [2.75, 3.05) is 13.1 Å². The largest absolute Gasteiger partial charge is 0.434 e. The molecule has 1 saturated heterocycles. The van der Waals surface area contributed by atoms with E-state index in [-0.39, 0.29) is 29.7 Å². The van der Waals surface area contributed by atoms with Crippen molar-refractivity contribution < 1.29 is 31.1 Å². The third-order valence-electron chi connectivity index (χ3n) is 6.68. The molecule has 1 aliphatic heterocycles. The van der Waals surface area contributed by atoms with Crippen LogP contribution in [0.5, 0.6) is 0 Å². The van der Waals surface area contributed by atoms with Crippen molar-refractivity contribution in [3.05, 3.63) is 77.9 Å². The first-order valence-electron chi connectivity index (χ1n) is 11.8. The van der Waals surface area contributed by atoms with Gasteiger partial charge in [-0.1, -0.05) is 6.58 Å². The second kappa shape index (κ2) is 10.2. The van der Waals surface area contributed by atoms with E-state index in [4.69, 9.17) is 5.73 Å². The van der Waals surface area contributed by atoms with Gasteiger partial charge in [0.1, 0.15) is 0 Å². The van der Waals surface area contributed by atoms with Crippen LogP contribution in [-0.2, 0) is 6.18 Å². The van der Waals surface area contributed by atoms with Gasteiger partial charge in [-0.2, -0.15) is 26.3 Å². The zero-order valence-corrected chi connectivity index (χ0v) is 20.4. The molecule has 38 heavy (non-hydrogen) atoms. The lowest BCUT2D eigenvalue weighted by molar-refractivity contribution is -0.140. The van der Waals surface area contributed by atoms with Gasteiger partial charge in [0.15, 0.2) is 11.4 Å². The number of nitrogens with zero attached hydrogens (tertiary/aromatic N) is 4. The van der Waals surface area contributed by atoms with Gasteiger partial charge in [-0.15, -0.1) is 0 Å². The quantitative estimate of drug-likeness (QED) is 0.399. The number of amides is 1. The van der Waals surface area contributed by atoms with Crippen LogP contribution in [0.1, 0.15) is 34.7 Å². The number of carbonyl (C=O) groups excluding carboxylic acids is 1. The van der Waals surface area contributed by atoms with Crippen LogP contribution >= 0.6 is 0 Å². The number of imidazole rings is 1. The van der Waals surface area contributed by atoms with Crippen molar-refractivity contribution in [2.45, 2.75) is 38.2 Å². The van der Waals surface area contributed by atoms with Gasteiger partial charge in [0.2, 0.25) is 0 Å². The third-order valence-corrected chi connectivity index (χ3v) is 6.68. The molecule has 0 radical (unpaired) electrons. The number of hydrogen-bond donors (Lipinski definition) is 2. The summed E-state index contributed by atoms with van der Waals surface area (Å²) < 4.78 is 79.1. The number of fused-ring (bicyclic) bond motifs is 1. The number of allylic oxidation sites excluding steroid dienone is 3. The van der Waals surface area contributed by atoms with Crippen molar-refractivity contribution in [3.8, 4) is 5.69 Å². The number of alkyl halides is 6. The Labute approximate surface area is 214 Å². The van der Waals surface area contributed by atoms with E-state index in [0.717, 1.165) is 35.7 Å². The second-order valence-corrected chi connectivity index (χ2v) is 9.45. The van der Waals surface area contributed by atoms with Crippen molar-refractivity contribution >= 4 is 5.91 Å². The van der Waals surface area contributed by atoms with Gasteiger partial charge in [-0.25, -0.2) is 9.97 Å². The Bertz CT molecular complexity index is 1280. The van der Waals surface area contributed by atoms with E-state index in [2.05, 4.69) is 21.9 Å². The molecule has 1 saturated carbocycles. The maximum absolute atomic E-state index is 13.7. The van der Waals surface area contributed by atoms with E-state index in [1.165, 1.54) is 6.07 Å². The fraction of sp³-hybridized carbons (Fsp3) is 0.400. The molecule has 2 aliphatic rings. The van der Waals surface area contributed by atoms with Gasteiger partial charge in [-0.05, 0) is 55.9 Å². The van der Waals surface area contributed by atoms with Crippen molar-refractivity contribution in [2.24, 2.45) is 17.6 Å². The molecule has 0 bridgehead atoms. The predicted octanol–water partition coefficient (Wildman–Crippen LogP) is 4.51. The number of hydrogen-bond acceptors (Lipinski definition) is 5. The summed E-state index contributed by atoms with van der Waals surface area (Å²) in [6.45, 7) is 6.05. The lowest BCUT2D eigenvalue weighted by atomic mass is 10.0. The maximum atomic E-state index is 13.7. The van der Waals surface area contributed by atoms with Crippen LogP contribution in [0.3, 0.4) is 0 Å². The molecule has 3 N–H and O–H groups in total. The van der Waals surface area contributed by atoms with Crippen LogP contribution in [0.4, 0.5) is 26.3 Å². The van der Waals surface area contributed by atoms with Crippen LogP contribution < -0.4 is 11.1 Å². The number of halogens is 6. The summed E-state index contributed by atoms with van der Waals surface area (Å²) in [7, 11) is 0. The molecule has 4 rings (SSSR count). The summed E-state index contributed by atoms with van der Waals surface area (Å²) in [6, 6.07) is 2.78. The Morgan fingerprint density at radius 2 is 1.92 bits per heavy atom. The van der Waals surface area contributed by atoms with Gasteiger partial charge in [0.25, 0.3) is 5.91 Å². The molecule has 3 atom stereocenters. The minimum atomic E-state index is -4.64.